The predicted octanol–water partition coefficient (Wildman–Crippen LogP) is 11.3. The first kappa shape index (κ1) is 27.7. The molecule has 0 unspecified atom stereocenters. The maximum absolute atomic E-state index is 2.35. The van der Waals surface area contributed by atoms with Crippen molar-refractivity contribution in [1.82, 2.24) is 0 Å². The van der Waals surface area contributed by atoms with Gasteiger partial charge in [0.25, 0.3) is 0 Å². The lowest BCUT2D eigenvalue weighted by Gasteiger charge is -2.19. The van der Waals surface area contributed by atoms with Gasteiger partial charge in [-0.15, -0.1) is 0 Å². The molecule has 9 aromatic rings. The largest absolute Gasteiger partial charge is 0.0622 e. The van der Waals surface area contributed by atoms with Gasteiger partial charge < -0.3 is 0 Å². The predicted molar refractivity (Wildman–Crippen MR) is 205 cm³/mol. The summed E-state index contributed by atoms with van der Waals surface area (Å²) in [5.74, 6) is 0. The van der Waals surface area contributed by atoms with Gasteiger partial charge in [-0.1, -0.05) is 176 Å². The van der Waals surface area contributed by atoms with Crippen LogP contribution in [0.3, 0.4) is 0 Å². The van der Waals surface area contributed by atoms with E-state index in [0.29, 0.717) is 0 Å². The zero-order valence-electron chi connectivity index (χ0n) is 25.8. The zero-order chi connectivity index (χ0) is 31.2. The van der Waals surface area contributed by atoms with Gasteiger partial charge in [0.2, 0.25) is 0 Å². The van der Waals surface area contributed by atoms with E-state index in [2.05, 4.69) is 188 Å². The molecule has 0 bridgehead atoms. The van der Waals surface area contributed by atoms with Crippen LogP contribution in [0.5, 0.6) is 0 Å². The summed E-state index contributed by atoms with van der Waals surface area (Å²) in [5, 5.41) is 12.0. The lowest BCUT2D eigenvalue weighted by molar-refractivity contribution is 1.59. The molecular weight excluding hydrogens is 583 g/mol. The van der Waals surface area contributed by atoms with Crippen molar-refractivity contribution in [3.63, 3.8) is 0 Å². The maximum atomic E-state index is 2.35. The molecule has 0 atom stereocenters. The molecule has 0 aliphatic rings. The minimum Gasteiger partial charge on any atom is -0.0622 e. The lowest BCUT2D eigenvalue weighted by atomic mass is 9.89. The second-order valence-electron chi connectivity index (χ2n) is 12.2. The molecule has 0 fully saturated rings. The Morgan fingerprint density at radius 3 is 1.38 bits per heavy atom. The van der Waals surface area contributed by atoms with Crippen LogP contribution in [0.15, 0.2) is 188 Å². The highest BCUT2D eigenvalue weighted by atomic mass is 31.1. The molecule has 220 valence electrons. The van der Waals surface area contributed by atoms with Gasteiger partial charge in [0, 0.05) is 0 Å². The lowest BCUT2D eigenvalue weighted by Crippen LogP contribution is -2.20. The molecule has 0 radical (unpaired) electrons. The summed E-state index contributed by atoms with van der Waals surface area (Å²) in [5.41, 5.74) is 7.42. The summed E-state index contributed by atoms with van der Waals surface area (Å²) < 4.78 is 0. The summed E-state index contributed by atoms with van der Waals surface area (Å²) in [7, 11) is -0.623. The number of rotatable bonds is 6. The third kappa shape index (κ3) is 4.99. The molecule has 0 N–H and O–H groups in total. The highest BCUT2D eigenvalue weighted by Gasteiger charge is 2.17. The second-order valence-corrected chi connectivity index (χ2v) is 14.4. The first-order valence-corrected chi connectivity index (χ1v) is 17.5. The van der Waals surface area contributed by atoms with E-state index in [1.165, 1.54) is 81.6 Å². The van der Waals surface area contributed by atoms with E-state index in [9.17, 15) is 0 Å². The molecule has 9 aromatic carbocycles. The zero-order valence-corrected chi connectivity index (χ0v) is 26.7. The molecule has 0 saturated carbocycles. The van der Waals surface area contributed by atoms with E-state index >= 15 is 0 Å². The van der Waals surface area contributed by atoms with Crippen LogP contribution >= 0.6 is 7.92 Å². The fraction of sp³-hybridized carbons (Fsp3) is 0. The van der Waals surface area contributed by atoms with E-state index < -0.39 is 7.92 Å². The number of hydrogen-bond donors (Lipinski definition) is 0. The number of hydrogen-bond acceptors (Lipinski definition) is 0. The van der Waals surface area contributed by atoms with E-state index in [1.54, 1.807) is 0 Å². The molecule has 0 aliphatic heterocycles. The van der Waals surface area contributed by atoms with Gasteiger partial charge in [-0.25, -0.2) is 0 Å². The number of benzene rings is 9. The minimum absolute atomic E-state index is 0.623. The molecule has 9 rings (SSSR count). The molecule has 47 heavy (non-hydrogen) atoms. The molecule has 0 spiro atoms. The Labute approximate surface area is 276 Å². The quantitative estimate of drug-likeness (QED) is 0.129. The van der Waals surface area contributed by atoms with Gasteiger partial charge in [-0.05, 0) is 102 Å². The second kappa shape index (κ2) is 11.7. The summed E-state index contributed by atoms with van der Waals surface area (Å²) in [6.45, 7) is 0. The SMILES string of the molecule is c1ccc(P(c2ccccc2)c2ccc(-c3cccc(-c4cccc(-c5ccc6ccc7cccc8ccc5c6c78)c4)c3)cc2)cc1. The summed E-state index contributed by atoms with van der Waals surface area (Å²) >= 11 is 0. The van der Waals surface area contributed by atoms with Gasteiger partial charge in [-0.3, -0.25) is 0 Å². The van der Waals surface area contributed by atoms with Gasteiger partial charge in [0.15, 0.2) is 0 Å². The van der Waals surface area contributed by atoms with Crippen LogP contribution in [0, 0.1) is 0 Å². The topological polar surface area (TPSA) is 0 Å². The smallest absolute Gasteiger partial charge is 0.00206 e. The van der Waals surface area contributed by atoms with Crippen molar-refractivity contribution in [2.24, 2.45) is 0 Å². The van der Waals surface area contributed by atoms with E-state index in [-0.39, 0.29) is 0 Å². The van der Waals surface area contributed by atoms with Gasteiger partial charge in [-0.2, -0.15) is 0 Å². The van der Waals surface area contributed by atoms with Crippen molar-refractivity contribution in [2.75, 3.05) is 0 Å². The first-order chi connectivity index (χ1) is 23.3. The van der Waals surface area contributed by atoms with Crippen molar-refractivity contribution in [3.05, 3.63) is 188 Å². The standard InChI is InChI=1S/C46H31P/c1-3-16-40(17-4-1)47(41-18-5-2-6-19-41)42-26-22-32(23-27-42)36-12-8-13-37(30-36)38-14-9-15-39(31-38)43-28-24-35-21-20-33-10-7-11-34-25-29-44(43)46(35)45(33)34/h1-31H. The maximum Gasteiger partial charge on any atom is -0.00206 e. The van der Waals surface area contributed by atoms with Crippen LogP contribution in [0.2, 0.25) is 0 Å². The van der Waals surface area contributed by atoms with Crippen LogP contribution < -0.4 is 15.9 Å². The fourth-order valence-corrected chi connectivity index (χ4v) is 9.42. The minimum atomic E-state index is -0.623. The molecule has 0 saturated heterocycles. The summed E-state index contributed by atoms with van der Waals surface area (Å²) in [6.07, 6.45) is 0. The Hall–Kier alpha value is -5.55. The van der Waals surface area contributed by atoms with Crippen molar-refractivity contribution >= 4 is 56.2 Å². The van der Waals surface area contributed by atoms with E-state index in [1.807, 2.05) is 0 Å². The molecular formula is C46H31P. The molecule has 0 heterocycles. The van der Waals surface area contributed by atoms with Crippen molar-refractivity contribution in [2.45, 2.75) is 0 Å². The van der Waals surface area contributed by atoms with E-state index in [4.69, 9.17) is 0 Å². The fourth-order valence-electron chi connectivity index (χ4n) is 7.14. The molecule has 0 amide bonds. The average Bonchev–Trinajstić information content (AvgIpc) is 3.15. The van der Waals surface area contributed by atoms with Crippen molar-refractivity contribution < 1.29 is 0 Å². The Kier molecular flexibility index (Phi) is 6.89. The van der Waals surface area contributed by atoms with Crippen LogP contribution in [0.4, 0.5) is 0 Å². The van der Waals surface area contributed by atoms with Crippen molar-refractivity contribution in [3.8, 4) is 33.4 Å². The molecule has 0 nitrogen and oxygen atoms in total. The van der Waals surface area contributed by atoms with Crippen molar-refractivity contribution in [1.29, 1.82) is 0 Å². The summed E-state index contributed by atoms with van der Waals surface area (Å²) in [6, 6.07) is 69.3. The van der Waals surface area contributed by atoms with Gasteiger partial charge in [0.05, 0.1) is 0 Å². The highest BCUT2D eigenvalue weighted by molar-refractivity contribution is 7.79. The van der Waals surface area contributed by atoms with Crippen LogP contribution in [-0.4, -0.2) is 0 Å². The Balaban J connectivity index is 1.07. The van der Waals surface area contributed by atoms with Crippen LogP contribution in [-0.2, 0) is 0 Å². The monoisotopic (exact) mass is 614 g/mol. The molecule has 1 heteroatoms. The molecule has 0 aromatic heterocycles. The molecule has 0 aliphatic carbocycles. The Morgan fingerprint density at radius 2 is 0.745 bits per heavy atom. The summed E-state index contributed by atoms with van der Waals surface area (Å²) in [4.78, 5) is 0. The Bertz CT molecular complexity index is 2440. The average molecular weight is 615 g/mol. The highest BCUT2D eigenvalue weighted by Crippen LogP contribution is 2.40. The normalized spacial score (nSPS) is 11.6. The van der Waals surface area contributed by atoms with Crippen LogP contribution in [0.25, 0.3) is 65.7 Å². The third-order valence-corrected chi connectivity index (χ3v) is 11.8. The van der Waals surface area contributed by atoms with Crippen LogP contribution in [0.1, 0.15) is 0 Å². The Morgan fingerprint density at radius 1 is 0.277 bits per heavy atom. The van der Waals surface area contributed by atoms with Gasteiger partial charge in [0.1, 0.15) is 0 Å². The van der Waals surface area contributed by atoms with E-state index in [0.717, 1.165) is 0 Å². The first-order valence-electron chi connectivity index (χ1n) is 16.2. The van der Waals surface area contributed by atoms with Gasteiger partial charge >= 0.3 is 0 Å². The third-order valence-electron chi connectivity index (χ3n) is 9.39.